The second kappa shape index (κ2) is 21.6. The molecule has 0 aromatic heterocycles. The number of unbranched alkanes of at least 4 members (excludes halogenated alkanes) is 10. The van der Waals surface area contributed by atoms with Crippen molar-refractivity contribution in [1.29, 1.82) is 0 Å². The van der Waals surface area contributed by atoms with Crippen LogP contribution in [0.1, 0.15) is 90.4 Å². The third kappa shape index (κ3) is 22.4. The molecule has 6 N–H and O–H groups in total. The number of aliphatic hydroxyl groups excluding tert-OH is 1. The number of nitrogens with one attached hydrogen (secondary N) is 1. The fourth-order valence-electron chi connectivity index (χ4n) is 2.59. The van der Waals surface area contributed by atoms with E-state index in [0.717, 1.165) is 12.8 Å². The van der Waals surface area contributed by atoms with E-state index in [1.807, 2.05) is 0 Å². The lowest BCUT2D eigenvalue weighted by Crippen LogP contribution is -2.42. The van der Waals surface area contributed by atoms with Gasteiger partial charge in [-0.25, -0.2) is 4.79 Å². The molecule has 0 aromatic carbocycles. The van der Waals surface area contributed by atoms with Gasteiger partial charge in [0.15, 0.2) is 0 Å². The average Bonchev–Trinajstić information content (AvgIpc) is 2.65. The number of nitrogens with two attached hydrogens (primary N) is 1. The second-order valence-corrected chi connectivity index (χ2v) is 6.85. The van der Waals surface area contributed by atoms with Crippen LogP contribution in [0, 0.1) is 0 Å². The molecular weight excluding hydrogens is 364 g/mol. The van der Waals surface area contributed by atoms with Crippen molar-refractivity contribution in [3.05, 3.63) is 0 Å². The highest BCUT2D eigenvalue weighted by Crippen LogP contribution is 2.12. The SMILES string of the molecule is CCCCCCCCCCCCCC(=O)N[C@@H](CC(=O)O)C(=O)O.NCCO. The van der Waals surface area contributed by atoms with Crippen molar-refractivity contribution in [3.8, 4) is 0 Å². The number of carbonyl (C=O) groups excluding carboxylic acids is 1. The van der Waals surface area contributed by atoms with Gasteiger partial charge in [0.05, 0.1) is 13.0 Å². The number of rotatable bonds is 17. The first-order valence-electron chi connectivity index (χ1n) is 10.4. The number of hydrogen-bond acceptors (Lipinski definition) is 5. The quantitative estimate of drug-likeness (QED) is 0.234. The Balaban J connectivity index is 0. The zero-order valence-electron chi connectivity index (χ0n) is 17.3. The molecule has 1 atom stereocenters. The van der Waals surface area contributed by atoms with E-state index in [4.69, 9.17) is 21.1 Å². The van der Waals surface area contributed by atoms with Crippen molar-refractivity contribution >= 4 is 17.8 Å². The van der Waals surface area contributed by atoms with Gasteiger partial charge in [-0.3, -0.25) is 9.59 Å². The van der Waals surface area contributed by atoms with E-state index in [2.05, 4.69) is 12.2 Å². The molecule has 0 bridgehead atoms. The van der Waals surface area contributed by atoms with E-state index in [0.29, 0.717) is 13.0 Å². The lowest BCUT2D eigenvalue weighted by Gasteiger charge is -2.12. The molecule has 8 nitrogen and oxygen atoms in total. The fourth-order valence-corrected chi connectivity index (χ4v) is 2.59. The van der Waals surface area contributed by atoms with Crippen molar-refractivity contribution in [3.63, 3.8) is 0 Å². The number of hydrogen-bond donors (Lipinski definition) is 5. The maximum absolute atomic E-state index is 11.6. The Morgan fingerprint density at radius 2 is 1.29 bits per heavy atom. The van der Waals surface area contributed by atoms with Gasteiger partial charge in [-0.2, -0.15) is 0 Å². The second-order valence-electron chi connectivity index (χ2n) is 6.85. The molecule has 0 heterocycles. The lowest BCUT2D eigenvalue weighted by atomic mass is 10.1. The van der Waals surface area contributed by atoms with E-state index in [-0.39, 0.29) is 18.9 Å². The maximum atomic E-state index is 11.6. The van der Waals surface area contributed by atoms with Crippen LogP contribution in [-0.2, 0) is 14.4 Å². The summed E-state index contributed by atoms with van der Waals surface area (Å²) in [4.78, 5) is 33.0. The summed E-state index contributed by atoms with van der Waals surface area (Å²) >= 11 is 0. The van der Waals surface area contributed by atoms with E-state index in [9.17, 15) is 14.4 Å². The molecule has 0 spiro atoms. The Kier molecular flexibility index (Phi) is 22.0. The summed E-state index contributed by atoms with van der Waals surface area (Å²) in [6.07, 6.45) is 12.7. The minimum Gasteiger partial charge on any atom is -0.481 e. The van der Waals surface area contributed by atoms with Crippen LogP contribution >= 0.6 is 0 Å². The highest BCUT2D eigenvalue weighted by molar-refractivity contribution is 5.86. The van der Waals surface area contributed by atoms with Crippen LogP contribution in [0.15, 0.2) is 0 Å². The Hall–Kier alpha value is -1.67. The summed E-state index contributed by atoms with van der Waals surface area (Å²) < 4.78 is 0. The summed E-state index contributed by atoms with van der Waals surface area (Å²) in [5, 5.41) is 27.5. The highest BCUT2D eigenvalue weighted by Gasteiger charge is 2.22. The lowest BCUT2D eigenvalue weighted by molar-refractivity contribution is -0.147. The monoisotopic (exact) mass is 404 g/mol. The van der Waals surface area contributed by atoms with Crippen molar-refractivity contribution in [2.45, 2.75) is 96.4 Å². The normalized spacial score (nSPS) is 11.2. The highest BCUT2D eigenvalue weighted by atomic mass is 16.4. The zero-order chi connectivity index (χ0) is 21.6. The van der Waals surface area contributed by atoms with Gasteiger partial charge < -0.3 is 26.4 Å². The number of aliphatic carboxylic acids is 2. The Morgan fingerprint density at radius 1 is 0.857 bits per heavy atom. The van der Waals surface area contributed by atoms with Gasteiger partial charge in [0.2, 0.25) is 5.91 Å². The molecule has 0 unspecified atom stereocenters. The topological polar surface area (TPSA) is 150 Å². The summed E-state index contributed by atoms with van der Waals surface area (Å²) in [6.45, 7) is 2.69. The molecule has 0 saturated carbocycles. The summed E-state index contributed by atoms with van der Waals surface area (Å²) in [7, 11) is 0. The molecule has 28 heavy (non-hydrogen) atoms. The first-order chi connectivity index (χ1) is 13.4. The molecule has 166 valence electrons. The largest absolute Gasteiger partial charge is 0.481 e. The van der Waals surface area contributed by atoms with Gasteiger partial charge in [-0.15, -0.1) is 0 Å². The van der Waals surface area contributed by atoms with Crippen LogP contribution < -0.4 is 11.1 Å². The third-order valence-corrected chi connectivity index (χ3v) is 4.15. The van der Waals surface area contributed by atoms with E-state index < -0.39 is 24.4 Å². The van der Waals surface area contributed by atoms with Crippen molar-refractivity contribution in [2.24, 2.45) is 5.73 Å². The Bertz CT molecular complexity index is 402. The molecule has 0 aliphatic rings. The Labute approximate surface area is 168 Å². The zero-order valence-corrected chi connectivity index (χ0v) is 17.3. The molecular formula is C20H40N2O6. The van der Waals surface area contributed by atoms with Crippen LogP contribution in [0.3, 0.4) is 0 Å². The number of aliphatic hydroxyl groups is 1. The minimum absolute atomic E-state index is 0.0972. The van der Waals surface area contributed by atoms with Gasteiger partial charge in [-0.05, 0) is 6.42 Å². The van der Waals surface area contributed by atoms with Crippen molar-refractivity contribution < 1.29 is 29.7 Å². The molecule has 0 aliphatic carbocycles. The van der Waals surface area contributed by atoms with Crippen LogP contribution in [0.4, 0.5) is 0 Å². The molecule has 0 aromatic rings. The summed E-state index contributed by atoms with van der Waals surface area (Å²) in [6, 6.07) is -1.34. The van der Waals surface area contributed by atoms with Crippen molar-refractivity contribution in [2.75, 3.05) is 13.2 Å². The number of carboxylic acids is 2. The molecule has 8 heteroatoms. The van der Waals surface area contributed by atoms with Crippen LogP contribution in [-0.4, -0.2) is 52.4 Å². The molecule has 0 rings (SSSR count). The van der Waals surface area contributed by atoms with Gasteiger partial charge >= 0.3 is 11.9 Å². The number of carboxylic acid groups (broad SMARTS) is 2. The molecule has 0 fully saturated rings. The van der Waals surface area contributed by atoms with E-state index >= 15 is 0 Å². The standard InChI is InChI=1S/C18H33NO5.C2H7NO/c1-2-3-4-5-6-7-8-9-10-11-12-13-16(20)19-15(18(23)24)14-17(21)22;3-1-2-4/h15H,2-14H2,1H3,(H,19,20)(H,21,22)(H,23,24);4H,1-3H2/t15-;/m0./s1. The summed E-state index contributed by atoms with van der Waals surface area (Å²) in [5.74, 6) is -2.94. The fraction of sp³-hybridized carbons (Fsp3) is 0.850. The first kappa shape index (κ1) is 28.5. The summed E-state index contributed by atoms with van der Waals surface area (Å²) in [5.41, 5.74) is 4.78. The smallest absolute Gasteiger partial charge is 0.326 e. The number of carbonyl (C=O) groups is 3. The Morgan fingerprint density at radius 3 is 1.64 bits per heavy atom. The van der Waals surface area contributed by atoms with Crippen LogP contribution in [0.2, 0.25) is 0 Å². The predicted octanol–water partition coefficient (Wildman–Crippen LogP) is 2.67. The molecule has 0 saturated heterocycles. The number of amides is 1. The van der Waals surface area contributed by atoms with Gasteiger partial charge in [0.25, 0.3) is 0 Å². The van der Waals surface area contributed by atoms with E-state index in [1.165, 1.54) is 51.4 Å². The van der Waals surface area contributed by atoms with Gasteiger partial charge in [-0.1, -0.05) is 71.1 Å². The predicted molar refractivity (Wildman–Crippen MR) is 109 cm³/mol. The maximum Gasteiger partial charge on any atom is 0.326 e. The van der Waals surface area contributed by atoms with Gasteiger partial charge in [0, 0.05) is 13.0 Å². The molecule has 0 aliphatic heterocycles. The van der Waals surface area contributed by atoms with E-state index in [1.54, 1.807) is 0 Å². The minimum atomic E-state index is -1.34. The van der Waals surface area contributed by atoms with Gasteiger partial charge in [0.1, 0.15) is 6.04 Å². The van der Waals surface area contributed by atoms with Crippen LogP contribution in [0.25, 0.3) is 0 Å². The van der Waals surface area contributed by atoms with Crippen LogP contribution in [0.5, 0.6) is 0 Å². The molecule has 0 radical (unpaired) electrons. The van der Waals surface area contributed by atoms with Crippen molar-refractivity contribution in [1.82, 2.24) is 5.32 Å². The third-order valence-electron chi connectivity index (χ3n) is 4.15. The first-order valence-corrected chi connectivity index (χ1v) is 10.4. The molecule has 1 amide bonds. The average molecular weight is 405 g/mol.